The molecule has 4 nitrogen and oxygen atoms in total. The minimum atomic E-state index is -0.903. The normalized spacial score (nSPS) is 23.5. The highest BCUT2D eigenvalue weighted by Crippen LogP contribution is 2.39. The smallest absolute Gasteiger partial charge is 0.478 e. The number of aliphatic carboxylic acids is 1. The highest BCUT2D eigenvalue weighted by atomic mass is 16.7. The zero-order valence-corrected chi connectivity index (χ0v) is 11.5. The molecule has 0 bridgehead atoms. The van der Waals surface area contributed by atoms with Crippen LogP contribution in [0.4, 0.5) is 0 Å². The molecule has 0 aromatic carbocycles. The quantitative estimate of drug-likeness (QED) is 0.608. The maximum absolute atomic E-state index is 11.1. The summed E-state index contributed by atoms with van der Waals surface area (Å²) in [7, 11) is -0.564. The van der Waals surface area contributed by atoms with E-state index in [-0.39, 0.29) is 0 Å². The molecule has 0 radical (unpaired) electrons. The lowest BCUT2D eigenvalue weighted by Gasteiger charge is -2.32. The molecule has 0 saturated carbocycles. The molecule has 0 aliphatic carbocycles. The van der Waals surface area contributed by atoms with E-state index < -0.39 is 24.3 Å². The van der Waals surface area contributed by atoms with Gasteiger partial charge in [-0.25, -0.2) is 4.79 Å². The Balaban J connectivity index is 3.02. The molecule has 1 heterocycles. The van der Waals surface area contributed by atoms with Gasteiger partial charge in [-0.3, -0.25) is 0 Å². The van der Waals surface area contributed by atoms with Crippen molar-refractivity contribution in [3.8, 4) is 0 Å². The van der Waals surface area contributed by atoms with Crippen molar-refractivity contribution in [2.24, 2.45) is 0 Å². The second kappa shape index (κ2) is 4.46. The van der Waals surface area contributed by atoms with E-state index in [1.807, 2.05) is 34.6 Å². The summed E-state index contributed by atoms with van der Waals surface area (Å²) in [5.74, 6) is -0.903. The Hall–Kier alpha value is -0.805. The monoisotopic (exact) mass is 240 g/mol. The van der Waals surface area contributed by atoms with Crippen molar-refractivity contribution >= 4 is 13.1 Å². The summed E-state index contributed by atoms with van der Waals surface area (Å²) in [6, 6.07) is 0. The number of carboxylic acid groups (broad SMARTS) is 1. The van der Waals surface area contributed by atoms with Gasteiger partial charge >= 0.3 is 13.1 Å². The fourth-order valence-corrected chi connectivity index (χ4v) is 1.76. The van der Waals surface area contributed by atoms with Gasteiger partial charge < -0.3 is 14.4 Å². The number of hydrogen-bond acceptors (Lipinski definition) is 3. The molecule has 0 unspecified atom stereocenters. The van der Waals surface area contributed by atoms with Crippen molar-refractivity contribution < 1.29 is 19.2 Å². The van der Waals surface area contributed by atoms with E-state index in [0.29, 0.717) is 17.5 Å². The maximum Gasteiger partial charge on any atom is 0.490 e. The van der Waals surface area contributed by atoms with Crippen LogP contribution in [0.2, 0.25) is 0 Å². The summed E-state index contributed by atoms with van der Waals surface area (Å²) in [5, 5.41) is 9.10. The zero-order valence-electron chi connectivity index (χ0n) is 11.5. The lowest BCUT2D eigenvalue weighted by Crippen LogP contribution is -2.41. The van der Waals surface area contributed by atoms with Crippen molar-refractivity contribution in [3.05, 3.63) is 11.0 Å². The van der Waals surface area contributed by atoms with Crippen LogP contribution in [0.5, 0.6) is 0 Å². The van der Waals surface area contributed by atoms with E-state index in [4.69, 9.17) is 14.4 Å². The Morgan fingerprint density at radius 3 is 1.88 bits per heavy atom. The second-order valence-corrected chi connectivity index (χ2v) is 5.41. The van der Waals surface area contributed by atoms with Crippen LogP contribution in [-0.2, 0) is 14.1 Å². The molecule has 96 valence electrons. The summed E-state index contributed by atoms with van der Waals surface area (Å²) in [5.41, 5.74) is 0.147. The first kappa shape index (κ1) is 14.3. The van der Waals surface area contributed by atoms with E-state index in [0.717, 1.165) is 0 Å². The first-order valence-corrected chi connectivity index (χ1v) is 5.91. The molecule has 1 fully saturated rings. The van der Waals surface area contributed by atoms with E-state index in [2.05, 4.69) is 0 Å². The first-order chi connectivity index (χ1) is 7.62. The van der Waals surface area contributed by atoms with Gasteiger partial charge in [-0.2, -0.15) is 0 Å². The van der Waals surface area contributed by atoms with Gasteiger partial charge in [0.15, 0.2) is 0 Å². The van der Waals surface area contributed by atoms with Gasteiger partial charge in [-0.15, -0.1) is 0 Å². The minimum Gasteiger partial charge on any atom is -0.478 e. The molecule has 1 saturated heterocycles. The Kier molecular flexibility index (Phi) is 3.74. The van der Waals surface area contributed by atoms with Crippen molar-refractivity contribution in [2.75, 3.05) is 0 Å². The van der Waals surface area contributed by atoms with Gasteiger partial charge in [0.2, 0.25) is 0 Å². The predicted molar refractivity (Wildman–Crippen MR) is 66.7 cm³/mol. The zero-order chi connectivity index (χ0) is 13.4. The summed E-state index contributed by atoms with van der Waals surface area (Å²) < 4.78 is 11.6. The fraction of sp³-hybridized carbons (Fsp3) is 0.750. The van der Waals surface area contributed by atoms with Crippen LogP contribution in [0.1, 0.15) is 48.0 Å². The van der Waals surface area contributed by atoms with Crippen LogP contribution >= 0.6 is 0 Å². The van der Waals surface area contributed by atoms with Gasteiger partial charge in [0.05, 0.1) is 11.2 Å². The van der Waals surface area contributed by atoms with Crippen LogP contribution in [0.15, 0.2) is 11.0 Å². The molecule has 1 aliphatic heterocycles. The molecule has 0 amide bonds. The van der Waals surface area contributed by atoms with E-state index >= 15 is 0 Å². The number of allylic oxidation sites excluding steroid dienone is 1. The molecule has 5 heteroatoms. The third kappa shape index (κ3) is 2.55. The van der Waals surface area contributed by atoms with E-state index in [1.54, 1.807) is 6.92 Å². The first-order valence-electron chi connectivity index (χ1n) is 5.91. The average molecular weight is 240 g/mol. The molecular formula is C12H21BO4. The number of hydrogen-bond donors (Lipinski definition) is 1. The Bertz CT molecular complexity index is 342. The van der Waals surface area contributed by atoms with Crippen molar-refractivity contribution in [2.45, 2.75) is 59.2 Å². The lowest BCUT2D eigenvalue weighted by atomic mass is 9.76. The minimum absolute atomic E-state index is 0.364. The standard InChI is InChI=1S/C12H21BO4/c1-7-9(10(14)15)8(2)13-16-11(3,4)12(5,6)17-13/h7H2,1-6H3,(H,14,15)/b9-8+. The summed E-state index contributed by atoms with van der Waals surface area (Å²) in [4.78, 5) is 11.1. The third-order valence-corrected chi connectivity index (χ3v) is 3.69. The summed E-state index contributed by atoms with van der Waals surface area (Å²) in [6.45, 7) is 11.4. The van der Waals surface area contributed by atoms with Gasteiger partial charge in [-0.05, 0) is 46.5 Å². The Morgan fingerprint density at radius 2 is 1.59 bits per heavy atom. The molecular weight excluding hydrogens is 219 g/mol. The number of rotatable bonds is 3. The van der Waals surface area contributed by atoms with Crippen LogP contribution < -0.4 is 0 Å². The van der Waals surface area contributed by atoms with Crippen LogP contribution in [-0.4, -0.2) is 29.4 Å². The molecule has 1 aliphatic rings. The topological polar surface area (TPSA) is 55.8 Å². The third-order valence-electron chi connectivity index (χ3n) is 3.69. The highest BCUT2D eigenvalue weighted by molar-refractivity contribution is 6.55. The van der Waals surface area contributed by atoms with Crippen LogP contribution in [0, 0.1) is 0 Å². The highest BCUT2D eigenvalue weighted by Gasteiger charge is 2.52. The van der Waals surface area contributed by atoms with Crippen molar-refractivity contribution in [3.63, 3.8) is 0 Å². The molecule has 0 spiro atoms. The average Bonchev–Trinajstić information content (AvgIpc) is 2.36. The van der Waals surface area contributed by atoms with E-state index in [9.17, 15) is 4.79 Å². The molecule has 1 N–H and O–H groups in total. The lowest BCUT2D eigenvalue weighted by molar-refractivity contribution is -0.132. The molecule has 0 aromatic heterocycles. The van der Waals surface area contributed by atoms with Crippen molar-refractivity contribution in [1.29, 1.82) is 0 Å². The van der Waals surface area contributed by atoms with E-state index in [1.165, 1.54) is 0 Å². The molecule has 0 atom stereocenters. The van der Waals surface area contributed by atoms with Gasteiger partial charge in [0.25, 0.3) is 0 Å². The Morgan fingerprint density at radius 1 is 1.18 bits per heavy atom. The molecule has 17 heavy (non-hydrogen) atoms. The van der Waals surface area contributed by atoms with Gasteiger partial charge in [-0.1, -0.05) is 6.92 Å². The SMILES string of the molecule is CC/C(C(=O)O)=C(/C)B1OC(C)(C)C(C)(C)O1. The maximum atomic E-state index is 11.1. The summed E-state index contributed by atoms with van der Waals surface area (Å²) >= 11 is 0. The van der Waals surface area contributed by atoms with Crippen LogP contribution in [0.3, 0.4) is 0 Å². The molecule has 1 rings (SSSR count). The van der Waals surface area contributed by atoms with Crippen LogP contribution in [0.25, 0.3) is 0 Å². The number of carbonyl (C=O) groups is 1. The molecule has 0 aromatic rings. The number of carboxylic acids is 1. The summed E-state index contributed by atoms with van der Waals surface area (Å²) in [6.07, 6.45) is 0.464. The predicted octanol–water partition coefficient (Wildman–Crippen LogP) is 2.43. The van der Waals surface area contributed by atoms with Gasteiger partial charge in [0.1, 0.15) is 0 Å². The largest absolute Gasteiger partial charge is 0.490 e. The van der Waals surface area contributed by atoms with Gasteiger partial charge in [0, 0.05) is 5.57 Å². The Labute approximate surface area is 103 Å². The fourth-order valence-electron chi connectivity index (χ4n) is 1.76. The second-order valence-electron chi connectivity index (χ2n) is 5.41. The van der Waals surface area contributed by atoms with Crippen molar-refractivity contribution in [1.82, 2.24) is 0 Å².